The normalized spacial score (nSPS) is 10.5. The van der Waals surface area contributed by atoms with Crippen LogP contribution in [0.4, 0.5) is 5.69 Å². The Labute approximate surface area is 120 Å². The number of carbonyl (C=O) groups is 1. The van der Waals surface area contributed by atoms with Gasteiger partial charge in [0, 0.05) is 12.5 Å². The molecular formula is C13H12Cl2N2O2. The van der Waals surface area contributed by atoms with E-state index in [1.165, 1.54) is 0 Å². The van der Waals surface area contributed by atoms with Crippen LogP contribution in [0.25, 0.3) is 0 Å². The zero-order valence-electron chi connectivity index (χ0n) is 10.2. The highest BCUT2D eigenvalue weighted by molar-refractivity contribution is 6.39. The van der Waals surface area contributed by atoms with Gasteiger partial charge in [-0.25, -0.2) is 0 Å². The first-order valence-corrected chi connectivity index (χ1v) is 6.58. The average molecular weight is 299 g/mol. The highest BCUT2D eigenvalue weighted by Gasteiger charge is 2.15. The van der Waals surface area contributed by atoms with E-state index >= 15 is 0 Å². The Hall–Kier alpha value is -1.52. The lowest BCUT2D eigenvalue weighted by Gasteiger charge is -2.06. The maximum absolute atomic E-state index is 12.0. The van der Waals surface area contributed by atoms with E-state index < -0.39 is 5.91 Å². The minimum Gasteiger partial charge on any atom is -0.361 e. The molecule has 0 radical (unpaired) electrons. The molecule has 0 atom stereocenters. The van der Waals surface area contributed by atoms with Crippen LogP contribution >= 0.6 is 23.2 Å². The van der Waals surface area contributed by atoms with E-state index in [0.29, 0.717) is 21.5 Å². The van der Waals surface area contributed by atoms with Gasteiger partial charge in [-0.05, 0) is 18.6 Å². The molecule has 0 bridgehead atoms. The molecule has 1 N–H and O–H groups in total. The molecule has 4 nitrogen and oxygen atoms in total. The molecule has 100 valence electrons. The second-order valence-electron chi connectivity index (χ2n) is 3.98. The monoisotopic (exact) mass is 298 g/mol. The molecule has 0 aliphatic carbocycles. The van der Waals surface area contributed by atoms with Crippen LogP contribution < -0.4 is 5.32 Å². The second-order valence-corrected chi connectivity index (χ2v) is 4.79. The van der Waals surface area contributed by atoms with Crippen LogP contribution in [0.2, 0.25) is 10.0 Å². The maximum Gasteiger partial charge on any atom is 0.277 e. The Balaban J connectivity index is 2.16. The quantitative estimate of drug-likeness (QED) is 0.921. The van der Waals surface area contributed by atoms with Gasteiger partial charge >= 0.3 is 0 Å². The molecule has 0 fully saturated rings. The number of nitrogens with one attached hydrogen (secondary N) is 1. The van der Waals surface area contributed by atoms with Gasteiger partial charge in [0.1, 0.15) is 5.76 Å². The van der Waals surface area contributed by atoms with Crippen LogP contribution in [0.5, 0.6) is 0 Å². The maximum atomic E-state index is 12.0. The van der Waals surface area contributed by atoms with E-state index in [-0.39, 0.29) is 5.69 Å². The second kappa shape index (κ2) is 6.08. The van der Waals surface area contributed by atoms with Crippen molar-refractivity contribution in [1.82, 2.24) is 5.16 Å². The van der Waals surface area contributed by atoms with Gasteiger partial charge in [-0.2, -0.15) is 0 Å². The molecule has 1 heterocycles. The number of para-hydroxylation sites is 1. The molecule has 0 aliphatic heterocycles. The summed E-state index contributed by atoms with van der Waals surface area (Å²) in [6.07, 6.45) is 1.67. The number of hydrogen-bond acceptors (Lipinski definition) is 3. The highest BCUT2D eigenvalue weighted by Crippen LogP contribution is 2.30. The van der Waals surface area contributed by atoms with Gasteiger partial charge in [0.25, 0.3) is 5.91 Å². The predicted molar refractivity (Wildman–Crippen MR) is 74.9 cm³/mol. The molecule has 0 saturated carbocycles. The summed E-state index contributed by atoms with van der Waals surface area (Å²) >= 11 is 11.9. The molecule has 0 saturated heterocycles. The lowest BCUT2D eigenvalue weighted by atomic mass is 10.2. The minimum absolute atomic E-state index is 0.208. The van der Waals surface area contributed by atoms with Crippen LogP contribution in [0, 0.1) is 0 Å². The Bertz CT molecular complexity index is 576. The summed E-state index contributed by atoms with van der Waals surface area (Å²) < 4.78 is 5.05. The summed E-state index contributed by atoms with van der Waals surface area (Å²) in [5.41, 5.74) is 0.579. The number of amides is 1. The lowest BCUT2D eigenvalue weighted by molar-refractivity contribution is 0.101. The fourth-order valence-corrected chi connectivity index (χ4v) is 2.07. The number of aromatic nitrogens is 1. The van der Waals surface area contributed by atoms with Crippen molar-refractivity contribution in [1.29, 1.82) is 0 Å². The van der Waals surface area contributed by atoms with Gasteiger partial charge in [0.15, 0.2) is 5.69 Å². The van der Waals surface area contributed by atoms with E-state index in [1.807, 2.05) is 6.92 Å². The van der Waals surface area contributed by atoms with E-state index in [2.05, 4.69) is 10.5 Å². The van der Waals surface area contributed by atoms with E-state index in [0.717, 1.165) is 12.8 Å². The molecular weight excluding hydrogens is 287 g/mol. The molecule has 2 rings (SSSR count). The topological polar surface area (TPSA) is 55.1 Å². The summed E-state index contributed by atoms with van der Waals surface area (Å²) in [4.78, 5) is 12.0. The third kappa shape index (κ3) is 3.28. The van der Waals surface area contributed by atoms with E-state index in [9.17, 15) is 4.79 Å². The number of aryl methyl sites for hydroxylation is 1. The standard InChI is InChI=1S/C13H12Cl2N2O2/c1-2-4-8-7-11(17-19-8)13(18)16-12-9(14)5-3-6-10(12)15/h3,5-7H,2,4H2,1H3,(H,16,18). The number of anilines is 1. The molecule has 0 unspecified atom stereocenters. The van der Waals surface area contributed by atoms with E-state index in [4.69, 9.17) is 27.7 Å². The van der Waals surface area contributed by atoms with Crippen molar-refractivity contribution in [2.45, 2.75) is 19.8 Å². The van der Waals surface area contributed by atoms with Crippen molar-refractivity contribution in [2.75, 3.05) is 5.32 Å². The Morgan fingerprint density at radius 2 is 2.05 bits per heavy atom. The van der Waals surface area contributed by atoms with Gasteiger partial charge in [-0.1, -0.05) is 41.3 Å². The number of rotatable bonds is 4. The molecule has 0 aliphatic rings. The zero-order chi connectivity index (χ0) is 13.8. The number of halogens is 2. The first-order chi connectivity index (χ1) is 9.11. The smallest absolute Gasteiger partial charge is 0.277 e. The van der Waals surface area contributed by atoms with Gasteiger partial charge in [-0.3, -0.25) is 4.79 Å². The number of hydrogen-bond donors (Lipinski definition) is 1. The van der Waals surface area contributed by atoms with Crippen LogP contribution in [-0.4, -0.2) is 11.1 Å². The van der Waals surface area contributed by atoms with Crippen molar-refractivity contribution in [2.24, 2.45) is 0 Å². The van der Waals surface area contributed by atoms with Gasteiger partial charge in [-0.15, -0.1) is 0 Å². The molecule has 1 aromatic heterocycles. The Kier molecular flexibility index (Phi) is 4.45. The van der Waals surface area contributed by atoms with Crippen molar-refractivity contribution in [3.05, 3.63) is 45.8 Å². The summed E-state index contributed by atoms with van der Waals surface area (Å²) in [7, 11) is 0. The van der Waals surface area contributed by atoms with Crippen LogP contribution in [-0.2, 0) is 6.42 Å². The summed E-state index contributed by atoms with van der Waals surface area (Å²) in [5.74, 6) is 0.277. The fraction of sp³-hybridized carbons (Fsp3) is 0.231. The van der Waals surface area contributed by atoms with Crippen LogP contribution in [0.1, 0.15) is 29.6 Å². The zero-order valence-corrected chi connectivity index (χ0v) is 11.8. The predicted octanol–water partition coefficient (Wildman–Crippen LogP) is 4.19. The number of carbonyl (C=O) groups excluding carboxylic acids is 1. The summed E-state index contributed by atoms with van der Waals surface area (Å²) in [6.45, 7) is 2.02. The summed E-state index contributed by atoms with van der Waals surface area (Å²) in [5, 5.41) is 7.09. The first-order valence-electron chi connectivity index (χ1n) is 5.82. The molecule has 1 aromatic carbocycles. The number of benzene rings is 1. The van der Waals surface area contributed by atoms with E-state index in [1.54, 1.807) is 24.3 Å². The Morgan fingerprint density at radius 1 is 1.37 bits per heavy atom. The highest BCUT2D eigenvalue weighted by atomic mass is 35.5. The minimum atomic E-state index is -0.402. The fourth-order valence-electron chi connectivity index (χ4n) is 1.58. The third-order valence-corrected chi connectivity index (χ3v) is 3.12. The first kappa shape index (κ1) is 13.9. The average Bonchev–Trinajstić information content (AvgIpc) is 2.83. The van der Waals surface area contributed by atoms with Crippen LogP contribution in [0.3, 0.4) is 0 Å². The van der Waals surface area contributed by atoms with Gasteiger partial charge in [0.2, 0.25) is 0 Å². The Morgan fingerprint density at radius 3 is 2.68 bits per heavy atom. The van der Waals surface area contributed by atoms with Gasteiger partial charge in [0.05, 0.1) is 15.7 Å². The van der Waals surface area contributed by atoms with Crippen molar-refractivity contribution >= 4 is 34.8 Å². The van der Waals surface area contributed by atoms with Crippen molar-refractivity contribution in [3.63, 3.8) is 0 Å². The summed E-state index contributed by atoms with van der Waals surface area (Å²) in [6, 6.07) is 6.61. The van der Waals surface area contributed by atoms with Crippen molar-refractivity contribution in [3.8, 4) is 0 Å². The molecule has 19 heavy (non-hydrogen) atoms. The number of nitrogens with zero attached hydrogens (tertiary/aromatic N) is 1. The SMILES string of the molecule is CCCc1cc(C(=O)Nc2c(Cl)cccc2Cl)no1. The van der Waals surface area contributed by atoms with Gasteiger partial charge < -0.3 is 9.84 Å². The molecule has 0 spiro atoms. The lowest BCUT2D eigenvalue weighted by Crippen LogP contribution is -2.12. The van der Waals surface area contributed by atoms with Crippen LogP contribution in [0.15, 0.2) is 28.8 Å². The molecule has 1 amide bonds. The van der Waals surface area contributed by atoms with Crippen molar-refractivity contribution < 1.29 is 9.32 Å². The molecule has 2 aromatic rings. The largest absolute Gasteiger partial charge is 0.361 e. The third-order valence-electron chi connectivity index (χ3n) is 2.49. The molecule has 6 heteroatoms.